The van der Waals surface area contributed by atoms with Crippen molar-refractivity contribution in [2.45, 2.75) is 25.4 Å². The van der Waals surface area contributed by atoms with Gasteiger partial charge in [-0.3, -0.25) is 4.79 Å². The summed E-state index contributed by atoms with van der Waals surface area (Å²) >= 11 is 5.97. The first-order valence-corrected chi connectivity index (χ1v) is 8.45. The van der Waals surface area contributed by atoms with Crippen molar-refractivity contribution in [3.05, 3.63) is 53.2 Å². The van der Waals surface area contributed by atoms with Gasteiger partial charge in [0.2, 0.25) is 0 Å². The summed E-state index contributed by atoms with van der Waals surface area (Å²) in [4.78, 5) is 16.2. The molecule has 24 heavy (non-hydrogen) atoms. The Kier molecular flexibility index (Phi) is 5.67. The van der Waals surface area contributed by atoms with E-state index in [1.807, 2.05) is 24.3 Å². The van der Waals surface area contributed by atoms with Gasteiger partial charge in [-0.15, -0.1) is 0 Å². The van der Waals surface area contributed by atoms with Crippen molar-refractivity contribution in [3.63, 3.8) is 0 Å². The maximum atomic E-state index is 12.0. The Morgan fingerprint density at radius 1 is 1.33 bits per heavy atom. The van der Waals surface area contributed by atoms with E-state index in [9.17, 15) is 4.79 Å². The number of nitrogens with one attached hydrogen (secondary N) is 2. The third-order valence-electron chi connectivity index (χ3n) is 3.87. The van der Waals surface area contributed by atoms with E-state index in [0.717, 1.165) is 36.5 Å². The molecule has 0 radical (unpaired) electrons. The van der Waals surface area contributed by atoms with Crippen molar-refractivity contribution in [1.82, 2.24) is 4.98 Å². The summed E-state index contributed by atoms with van der Waals surface area (Å²) in [7, 11) is 0. The van der Waals surface area contributed by atoms with Crippen LogP contribution in [-0.2, 0) is 16.0 Å². The van der Waals surface area contributed by atoms with Crippen molar-refractivity contribution in [3.8, 4) is 0 Å². The smallest absolute Gasteiger partial charge is 0.254 e. The fourth-order valence-electron chi connectivity index (χ4n) is 2.61. The normalized spacial score (nSPS) is 16.8. The predicted molar refractivity (Wildman–Crippen MR) is 95.5 cm³/mol. The van der Waals surface area contributed by atoms with Crippen LogP contribution in [0.3, 0.4) is 0 Å². The van der Waals surface area contributed by atoms with Crippen LogP contribution in [-0.4, -0.2) is 30.1 Å². The lowest BCUT2D eigenvalue weighted by molar-refractivity contribution is -0.124. The van der Waals surface area contributed by atoms with Gasteiger partial charge < -0.3 is 15.4 Å². The molecular formula is C18H20ClN3O2. The summed E-state index contributed by atoms with van der Waals surface area (Å²) in [6, 6.07) is 11.5. The SMILES string of the molecule is O=C(Nc1ccc(NCCc2cccc(Cl)c2)cn1)C1CCCO1. The molecule has 0 spiro atoms. The Morgan fingerprint density at radius 3 is 2.96 bits per heavy atom. The lowest BCUT2D eigenvalue weighted by Crippen LogP contribution is -2.27. The number of rotatable bonds is 6. The molecule has 3 rings (SSSR count). The number of ether oxygens (including phenoxy) is 1. The summed E-state index contributed by atoms with van der Waals surface area (Å²) < 4.78 is 5.35. The van der Waals surface area contributed by atoms with Gasteiger partial charge in [0.1, 0.15) is 11.9 Å². The minimum Gasteiger partial charge on any atom is -0.383 e. The molecule has 5 nitrogen and oxygen atoms in total. The van der Waals surface area contributed by atoms with Crippen LogP contribution in [0.2, 0.25) is 5.02 Å². The van der Waals surface area contributed by atoms with E-state index in [4.69, 9.17) is 16.3 Å². The third kappa shape index (κ3) is 4.69. The molecular weight excluding hydrogens is 326 g/mol. The van der Waals surface area contributed by atoms with Gasteiger partial charge >= 0.3 is 0 Å². The molecule has 1 aliphatic heterocycles. The third-order valence-corrected chi connectivity index (χ3v) is 4.10. The first kappa shape index (κ1) is 16.7. The maximum Gasteiger partial charge on any atom is 0.254 e. The molecule has 0 bridgehead atoms. The van der Waals surface area contributed by atoms with E-state index >= 15 is 0 Å². The number of hydrogen-bond donors (Lipinski definition) is 2. The number of carbonyl (C=O) groups is 1. The Labute approximate surface area is 146 Å². The number of carbonyl (C=O) groups excluding carboxylic acids is 1. The van der Waals surface area contributed by atoms with Crippen LogP contribution in [0.5, 0.6) is 0 Å². The minimum atomic E-state index is -0.345. The largest absolute Gasteiger partial charge is 0.383 e. The zero-order valence-electron chi connectivity index (χ0n) is 13.3. The molecule has 1 aromatic heterocycles. The Hall–Kier alpha value is -2.11. The van der Waals surface area contributed by atoms with Gasteiger partial charge in [-0.2, -0.15) is 0 Å². The van der Waals surface area contributed by atoms with Crippen LogP contribution in [0.1, 0.15) is 18.4 Å². The van der Waals surface area contributed by atoms with Gasteiger partial charge in [-0.1, -0.05) is 23.7 Å². The summed E-state index contributed by atoms with van der Waals surface area (Å²) in [5, 5.41) is 6.84. The summed E-state index contributed by atoms with van der Waals surface area (Å²) in [5.41, 5.74) is 2.09. The van der Waals surface area contributed by atoms with Crippen molar-refractivity contribution < 1.29 is 9.53 Å². The van der Waals surface area contributed by atoms with Crippen molar-refractivity contribution in [1.29, 1.82) is 0 Å². The monoisotopic (exact) mass is 345 g/mol. The molecule has 0 aliphatic carbocycles. The van der Waals surface area contributed by atoms with Crippen LogP contribution < -0.4 is 10.6 Å². The van der Waals surface area contributed by atoms with Gasteiger partial charge in [-0.05, 0) is 49.1 Å². The zero-order valence-corrected chi connectivity index (χ0v) is 14.1. The fraction of sp³-hybridized carbons (Fsp3) is 0.333. The number of anilines is 2. The topological polar surface area (TPSA) is 63.2 Å². The predicted octanol–water partition coefficient (Wildman–Crippen LogP) is 3.51. The Bertz CT molecular complexity index is 685. The highest BCUT2D eigenvalue weighted by Gasteiger charge is 2.23. The average Bonchev–Trinajstić information content (AvgIpc) is 3.11. The van der Waals surface area contributed by atoms with E-state index in [0.29, 0.717) is 12.4 Å². The summed E-state index contributed by atoms with van der Waals surface area (Å²) in [6.45, 7) is 1.44. The number of nitrogens with zero attached hydrogens (tertiary/aromatic N) is 1. The lowest BCUT2D eigenvalue weighted by atomic mass is 10.1. The van der Waals surface area contributed by atoms with Crippen LogP contribution in [0.15, 0.2) is 42.6 Å². The van der Waals surface area contributed by atoms with Crippen LogP contribution in [0, 0.1) is 0 Å². The van der Waals surface area contributed by atoms with Gasteiger partial charge in [-0.25, -0.2) is 4.98 Å². The highest BCUT2D eigenvalue weighted by molar-refractivity contribution is 6.30. The molecule has 126 valence electrons. The summed E-state index contributed by atoms with van der Waals surface area (Å²) in [6.07, 6.45) is 3.94. The van der Waals surface area contributed by atoms with Crippen molar-refractivity contribution >= 4 is 29.0 Å². The van der Waals surface area contributed by atoms with Gasteiger partial charge in [0.05, 0.1) is 11.9 Å². The highest BCUT2D eigenvalue weighted by atomic mass is 35.5. The van der Waals surface area contributed by atoms with Gasteiger partial charge in [0.15, 0.2) is 0 Å². The first-order chi connectivity index (χ1) is 11.7. The molecule has 1 atom stereocenters. The van der Waals surface area contributed by atoms with Gasteiger partial charge in [0.25, 0.3) is 5.91 Å². The Morgan fingerprint density at radius 2 is 2.25 bits per heavy atom. The molecule has 1 aliphatic rings. The van der Waals surface area contributed by atoms with E-state index in [2.05, 4.69) is 21.7 Å². The molecule has 6 heteroatoms. The number of halogens is 1. The molecule has 1 saturated heterocycles. The van der Waals surface area contributed by atoms with Crippen molar-refractivity contribution in [2.75, 3.05) is 23.8 Å². The molecule has 1 aromatic carbocycles. The second-order valence-electron chi connectivity index (χ2n) is 5.73. The maximum absolute atomic E-state index is 12.0. The Balaban J connectivity index is 1.46. The zero-order chi connectivity index (χ0) is 16.8. The molecule has 2 N–H and O–H groups in total. The number of pyridine rings is 1. The lowest BCUT2D eigenvalue weighted by Gasteiger charge is -2.11. The van der Waals surface area contributed by atoms with Gasteiger partial charge in [0, 0.05) is 18.2 Å². The van der Waals surface area contributed by atoms with E-state index in [-0.39, 0.29) is 12.0 Å². The fourth-order valence-corrected chi connectivity index (χ4v) is 2.82. The van der Waals surface area contributed by atoms with Crippen LogP contribution in [0.4, 0.5) is 11.5 Å². The highest BCUT2D eigenvalue weighted by Crippen LogP contribution is 2.16. The van der Waals surface area contributed by atoms with E-state index < -0.39 is 0 Å². The second-order valence-corrected chi connectivity index (χ2v) is 6.17. The molecule has 2 heterocycles. The number of aromatic nitrogens is 1. The summed E-state index contributed by atoms with van der Waals surface area (Å²) in [5.74, 6) is 0.414. The second kappa shape index (κ2) is 8.13. The van der Waals surface area contributed by atoms with E-state index in [1.54, 1.807) is 12.3 Å². The number of amides is 1. The molecule has 1 unspecified atom stereocenters. The molecule has 1 fully saturated rings. The number of hydrogen-bond acceptors (Lipinski definition) is 4. The van der Waals surface area contributed by atoms with E-state index in [1.165, 1.54) is 5.56 Å². The minimum absolute atomic E-state index is 0.123. The van der Waals surface area contributed by atoms with Crippen LogP contribution >= 0.6 is 11.6 Å². The average molecular weight is 346 g/mol. The van der Waals surface area contributed by atoms with Crippen LogP contribution in [0.25, 0.3) is 0 Å². The first-order valence-electron chi connectivity index (χ1n) is 8.07. The quantitative estimate of drug-likeness (QED) is 0.841. The molecule has 1 amide bonds. The standard InChI is InChI=1S/C18H20ClN3O2/c19-14-4-1-3-13(11-14)8-9-20-15-6-7-17(21-12-15)22-18(23)16-5-2-10-24-16/h1,3-4,6-7,11-12,16,20H,2,5,8-10H2,(H,21,22,23). The molecule has 2 aromatic rings. The van der Waals surface area contributed by atoms with Crippen molar-refractivity contribution in [2.24, 2.45) is 0 Å². The molecule has 0 saturated carbocycles. The number of benzene rings is 1.